The second kappa shape index (κ2) is 11.3. The standard InChI is InChI=1S/C20H36N2O6/c1-7-20(6,8-2)14(24)10-12-22-18(28)16(26)15(25)17(27)21-11-9-13(23)19(3,4)5/h15-16,25-26H,7-12H2,1-6H3,(H,21,27)(H,22,28)/t15-,16-/m1/s1. The van der Waals surface area contributed by atoms with Crippen LogP contribution in [0.1, 0.15) is 67.2 Å². The fraction of sp³-hybridized carbons (Fsp3) is 0.800. The van der Waals surface area contributed by atoms with Gasteiger partial charge in [0, 0.05) is 36.8 Å². The lowest BCUT2D eigenvalue weighted by Gasteiger charge is -2.25. The Labute approximate surface area is 167 Å². The molecule has 4 N–H and O–H groups in total. The smallest absolute Gasteiger partial charge is 0.252 e. The topological polar surface area (TPSA) is 133 Å². The van der Waals surface area contributed by atoms with Gasteiger partial charge in [-0.05, 0) is 12.8 Å². The maximum Gasteiger partial charge on any atom is 0.252 e. The van der Waals surface area contributed by atoms with Crippen molar-refractivity contribution < 1.29 is 29.4 Å². The average Bonchev–Trinajstić information content (AvgIpc) is 2.64. The van der Waals surface area contributed by atoms with Crippen LogP contribution in [0.15, 0.2) is 0 Å². The minimum absolute atomic E-state index is 0.00144. The summed E-state index contributed by atoms with van der Waals surface area (Å²) >= 11 is 0. The van der Waals surface area contributed by atoms with E-state index >= 15 is 0 Å². The summed E-state index contributed by atoms with van der Waals surface area (Å²) in [6.45, 7) is 11.0. The third-order valence-corrected chi connectivity index (χ3v) is 5.21. The summed E-state index contributed by atoms with van der Waals surface area (Å²) in [6.07, 6.45) is -2.35. The molecule has 0 bridgehead atoms. The summed E-state index contributed by atoms with van der Waals surface area (Å²) in [5.74, 6) is -1.92. The van der Waals surface area contributed by atoms with Gasteiger partial charge in [0.1, 0.15) is 11.6 Å². The SMILES string of the molecule is CCC(C)(CC)C(=O)CCNC(=O)[C@H](O)[C@@H](O)C(=O)NCCC(=O)C(C)(C)C. The molecule has 0 saturated carbocycles. The van der Waals surface area contributed by atoms with Crippen LogP contribution < -0.4 is 10.6 Å². The predicted molar refractivity (Wildman–Crippen MR) is 105 cm³/mol. The van der Waals surface area contributed by atoms with Crippen LogP contribution in [0.2, 0.25) is 0 Å². The van der Waals surface area contributed by atoms with Gasteiger partial charge in [-0.25, -0.2) is 0 Å². The van der Waals surface area contributed by atoms with Gasteiger partial charge >= 0.3 is 0 Å². The van der Waals surface area contributed by atoms with Gasteiger partial charge < -0.3 is 20.8 Å². The summed E-state index contributed by atoms with van der Waals surface area (Å²) in [7, 11) is 0. The zero-order valence-electron chi connectivity index (χ0n) is 17.9. The molecular weight excluding hydrogens is 364 g/mol. The van der Waals surface area contributed by atoms with Gasteiger partial charge in [0.2, 0.25) is 0 Å². The Kier molecular flexibility index (Phi) is 10.5. The number of ketones is 2. The van der Waals surface area contributed by atoms with E-state index in [0.717, 1.165) is 0 Å². The first-order chi connectivity index (χ1) is 12.8. The highest BCUT2D eigenvalue weighted by Gasteiger charge is 2.31. The molecule has 8 heteroatoms. The monoisotopic (exact) mass is 400 g/mol. The summed E-state index contributed by atoms with van der Waals surface area (Å²) < 4.78 is 0. The molecule has 0 aromatic rings. The number of nitrogens with one attached hydrogen (secondary N) is 2. The molecule has 162 valence electrons. The zero-order chi connectivity index (χ0) is 22.1. The van der Waals surface area contributed by atoms with Gasteiger partial charge in [-0.3, -0.25) is 19.2 Å². The number of hydrogen-bond acceptors (Lipinski definition) is 6. The fourth-order valence-electron chi connectivity index (χ4n) is 2.42. The Morgan fingerprint density at radius 3 is 1.43 bits per heavy atom. The summed E-state index contributed by atoms with van der Waals surface area (Å²) in [5, 5.41) is 24.3. The fourth-order valence-corrected chi connectivity index (χ4v) is 2.42. The second-order valence-corrected chi connectivity index (χ2v) is 8.34. The van der Waals surface area contributed by atoms with Crippen molar-refractivity contribution in [1.82, 2.24) is 10.6 Å². The lowest BCUT2D eigenvalue weighted by Crippen LogP contribution is -2.50. The highest BCUT2D eigenvalue weighted by molar-refractivity contribution is 5.91. The lowest BCUT2D eigenvalue weighted by atomic mass is 9.79. The number of amides is 2. The first-order valence-corrected chi connectivity index (χ1v) is 9.78. The molecule has 0 fully saturated rings. The Balaban J connectivity index is 4.41. The third-order valence-electron chi connectivity index (χ3n) is 5.21. The first-order valence-electron chi connectivity index (χ1n) is 9.78. The molecule has 0 spiro atoms. The van der Waals surface area contributed by atoms with E-state index in [1.54, 1.807) is 20.8 Å². The van der Waals surface area contributed by atoms with Crippen LogP contribution >= 0.6 is 0 Å². The van der Waals surface area contributed by atoms with E-state index in [1.165, 1.54) is 0 Å². The van der Waals surface area contributed by atoms with E-state index in [-0.39, 0.29) is 37.5 Å². The Bertz CT molecular complexity index is 564. The molecule has 0 rings (SSSR count). The second-order valence-electron chi connectivity index (χ2n) is 8.34. The number of rotatable bonds is 12. The molecule has 0 aliphatic carbocycles. The van der Waals surface area contributed by atoms with Crippen LogP contribution in [0.5, 0.6) is 0 Å². The van der Waals surface area contributed by atoms with Crippen molar-refractivity contribution in [3.63, 3.8) is 0 Å². The van der Waals surface area contributed by atoms with Gasteiger partial charge in [0.25, 0.3) is 11.8 Å². The van der Waals surface area contributed by atoms with Gasteiger partial charge in [0.15, 0.2) is 12.2 Å². The molecule has 28 heavy (non-hydrogen) atoms. The number of aliphatic hydroxyl groups is 2. The summed E-state index contributed by atoms with van der Waals surface area (Å²) in [6, 6.07) is 0. The lowest BCUT2D eigenvalue weighted by molar-refractivity contribution is -0.146. The zero-order valence-corrected chi connectivity index (χ0v) is 17.9. The summed E-state index contributed by atoms with van der Waals surface area (Å²) in [5.41, 5.74) is -0.987. The number of carbonyl (C=O) groups excluding carboxylic acids is 4. The number of Topliss-reactive ketones (excluding diaryl/α,β-unsaturated/α-hetero) is 2. The molecule has 0 heterocycles. The van der Waals surface area contributed by atoms with Crippen molar-refractivity contribution in [3.8, 4) is 0 Å². The molecule has 0 aliphatic rings. The molecule has 2 amide bonds. The minimum atomic E-state index is -1.96. The van der Waals surface area contributed by atoms with Crippen LogP contribution in [-0.4, -0.2) is 58.9 Å². The van der Waals surface area contributed by atoms with Gasteiger partial charge in [-0.1, -0.05) is 41.5 Å². The number of hydrogen-bond donors (Lipinski definition) is 4. The molecule has 8 nitrogen and oxygen atoms in total. The van der Waals surface area contributed by atoms with Crippen LogP contribution in [0.4, 0.5) is 0 Å². The van der Waals surface area contributed by atoms with Gasteiger partial charge in [-0.2, -0.15) is 0 Å². The van der Waals surface area contributed by atoms with E-state index in [9.17, 15) is 29.4 Å². The quantitative estimate of drug-likeness (QED) is 0.382. The van der Waals surface area contributed by atoms with Crippen LogP contribution in [0.25, 0.3) is 0 Å². The molecule has 0 radical (unpaired) electrons. The van der Waals surface area contributed by atoms with Crippen molar-refractivity contribution in [2.45, 2.75) is 79.4 Å². The normalized spacial score (nSPS) is 14.1. The van der Waals surface area contributed by atoms with Crippen molar-refractivity contribution >= 4 is 23.4 Å². The van der Waals surface area contributed by atoms with Crippen LogP contribution in [0.3, 0.4) is 0 Å². The molecule has 0 unspecified atom stereocenters. The van der Waals surface area contributed by atoms with E-state index in [0.29, 0.717) is 12.8 Å². The van der Waals surface area contributed by atoms with Crippen molar-refractivity contribution in [2.75, 3.05) is 13.1 Å². The molecule has 2 atom stereocenters. The Morgan fingerprint density at radius 2 is 1.11 bits per heavy atom. The molecule has 0 saturated heterocycles. The summed E-state index contributed by atoms with van der Waals surface area (Å²) in [4.78, 5) is 47.8. The maximum atomic E-state index is 12.2. The first kappa shape index (κ1) is 26.2. The minimum Gasteiger partial charge on any atom is -0.380 e. The largest absolute Gasteiger partial charge is 0.380 e. The average molecular weight is 401 g/mol. The molecule has 0 aromatic heterocycles. The Hall–Kier alpha value is -1.80. The highest BCUT2D eigenvalue weighted by atomic mass is 16.3. The molecule has 0 aliphatic heterocycles. The van der Waals surface area contributed by atoms with E-state index in [1.807, 2.05) is 20.8 Å². The van der Waals surface area contributed by atoms with Gasteiger partial charge in [0.05, 0.1) is 0 Å². The van der Waals surface area contributed by atoms with E-state index < -0.39 is 34.9 Å². The van der Waals surface area contributed by atoms with Crippen molar-refractivity contribution in [1.29, 1.82) is 0 Å². The predicted octanol–water partition coefficient (Wildman–Crippen LogP) is 0.731. The van der Waals surface area contributed by atoms with Crippen LogP contribution in [0, 0.1) is 10.8 Å². The third kappa shape index (κ3) is 8.06. The van der Waals surface area contributed by atoms with E-state index in [4.69, 9.17) is 0 Å². The number of carbonyl (C=O) groups is 4. The van der Waals surface area contributed by atoms with E-state index in [2.05, 4.69) is 10.6 Å². The van der Waals surface area contributed by atoms with Gasteiger partial charge in [-0.15, -0.1) is 0 Å². The molecule has 0 aromatic carbocycles. The Morgan fingerprint density at radius 1 is 0.750 bits per heavy atom. The van der Waals surface area contributed by atoms with Crippen LogP contribution in [-0.2, 0) is 19.2 Å². The van der Waals surface area contributed by atoms with Crippen molar-refractivity contribution in [2.24, 2.45) is 10.8 Å². The molecular formula is C20H36N2O6. The number of aliphatic hydroxyl groups excluding tert-OH is 2. The highest BCUT2D eigenvalue weighted by Crippen LogP contribution is 2.27. The van der Waals surface area contributed by atoms with Crippen molar-refractivity contribution in [3.05, 3.63) is 0 Å². The maximum absolute atomic E-state index is 12.2.